The van der Waals surface area contributed by atoms with Crippen molar-refractivity contribution in [3.8, 4) is 5.75 Å². The van der Waals surface area contributed by atoms with Crippen molar-refractivity contribution in [2.75, 3.05) is 13.7 Å². The van der Waals surface area contributed by atoms with Crippen LogP contribution in [0.3, 0.4) is 0 Å². The second-order valence-electron chi connectivity index (χ2n) is 4.79. The number of furan rings is 1. The Balaban J connectivity index is 2.07. The molecule has 0 unspecified atom stereocenters. The quantitative estimate of drug-likeness (QED) is 0.790. The number of amides is 1. The first-order valence-corrected chi connectivity index (χ1v) is 8.37. The molecular formula is C15H18N2O5S. The maximum atomic E-state index is 12.2. The van der Waals surface area contributed by atoms with Gasteiger partial charge < -0.3 is 14.5 Å². The number of benzene rings is 1. The molecule has 1 aromatic carbocycles. The van der Waals surface area contributed by atoms with Gasteiger partial charge in [-0.25, -0.2) is 13.1 Å². The van der Waals surface area contributed by atoms with Crippen molar-refractivity contribution in [2.45, 2.75) is 18.4 Å². The van der Waals surface area contributed by atoms with E-state index < -0.39 is 10.0 Å². The summed E-state index contributed by atoms with van der Waals surface area (Å²) in [7, 11) is -2.14. The average molecular weight is 338 g/mol. The first-order valence-electron chi connectivity index (χ1n) is 6.88. The normalized spacial score (nSPS) is 11.2. The highest BCUT2D eigenvalue weighted by Gasteiger charge is 2.16. The number of likely N-dealkylation sites (N-methyl/N-ethyl adjacent to an activating group) is 1. The summed E-state index contributed by atoms with van der Waals surface area (Å²) in [6.45, 7) is 1.66. The van der Waals surface area contributed by atoms with E-state index in [0.717, 1.165) is 0 Å². The first-order chi connectivity index (χ1) is 10.9. The van der Waals surface area contributed by atoms with Crippen LogP contribution in [-0.4, -0.2) is 28.0 Å². The standard InChI is InChI=1S/C15H18N2O5S/c1-11-8-13(5-6-14(11)22-10-15(18)16-2)23(19,20)17-9-12-4-3-7-21-12/h3-8,17H,9-10H2,1-2H3,(H,16,18). The molecule has 0 aliphatic heterocycles. The molecular weight excluding hydrogens is 320 g/mol. The predicted octanol–water partition coefficient (Wildman–Crippen LogP) is 1.19. The van der Waals surface area contributed by atoms with Crippen LogP contribution in [0.15, 0.2) is 45.9 Å². The summed E-state index contributed by atoms with van der Waals surface area (Å²) >= 11 is 0. The molecule has 2 rings (SSSR count). The van der Waals surface area contributed by atoms with Crippen LogP contribution in [0, 0.1) is 6.92 Å². The summed E-state index contributed by atoms with van der Waals surface area (Å²) in [5.41, 5.74) is 0.620. The van der Waals surface area contributed by atoms with Gasteiger partial charge in [0, 0.05) is 7.05 Å². The van der Waals surface area contributed by atoms with Gasteiger partial charge in [-0.05, 0) is 42.8 Å². The van der Waals surface area contributed by atoms with Gasteiger partial charge in [0.15, 0.2) is 6.61 Å². The van der Waals surface area contributed by atoms with Crippen LogP contribution in [0.4, 0.5) is 0 Å². The lowest BCUT2D eigenvalue weighted by molar-refractivity contribution is -0.122. The summed E-state index contributed by atoms with van der Waals surface area (Å²) in [6.07, 6.45) is 1.48. The lowest BCUT2D eigenvalue weighted by Crippen LogP contribution is -2.25. The highest BCUT2D eigenvalue weighted by atomic mass is 32.2. The van der Waals surface area contributed by atoms with Crippen molar-refractivity contribution in [1.82, 2.24) is 10.0 Å². The van der Waals surface area contributed by atoms with Crippen LogP contribution in [0.5, 0.6) is 5.75 Å². The van der Waals surface area contributed by atoms with E-state index in [2.05, 4.69) is 10.0 Å². The number of hydrogen-bond acceptors (Lipinski definition) is 5. The third-order valence-electron chi connectivity index (χ3n) is 3.11. The molecule has 23 heavy (non-hydrogen) atoms. The van der Waals surface area contributed by atoms with Crippen molar-refractivity contribution >= 4 is 15.9 Å². The number of sulfonamides is 1. The summed E-state index contributed by atoms with van der Waals surface area (Å²) < 4.78 is 37.4. The van der Waals surface area contributed by atoms with Crippen LogP contribution in [0.25, 0.3) is 0 Å². The Kier molecular flexibility index (Phi) is 5.41. The molecule has 1 amide bonds. The SMILES string of the molecule is CNC(=O)COc1ccc(S(=O)(=O)NCc2ccco2)cc1C. The average Bonchev–Trinajstić information content (AvgIpc) is 3.05. The first kappa shape index (κ1) is 17.0. The molecule has 2 aromatic rings. The van der Waals surface area contributed by atoms with E-state index in [4.69, 9.17) is 9.15 Å². The molecule has 124 valence electrons. The van der Waals surface area contributed by atoms with Crippen LogP contribution in [0.2, 0.25) is 0 Å². The van der Waals surface area contributed by atoms with Crippen LogP contribution < -0.4 is 14.8 Å². The number of nitrogens with one attached hydrogen (secondary N) is 2. The zero-order valence-electron chi connectivity index (χ0n) is 12.8. The van der Waals surface area contributed by atoms with Crippen molar-refractivity contribution in [1.29, 1.82) is 0 Å². The molecule has 0 aliphatic rings. The fourth-order valence-electron chi connectivity index (χ4n) is 1.83. The minimum atomic E-state index is -3.66. The molecule has 0 radical (unpaired) electrons. The Labute approximate surface area is 134 Å². The molecule has 0 fully saturated rings. The van der Waals surface area contributed by atoms with E-state index in [1.165, 1.54) is 31.5 Å². The molecule has 8 heteroatoms. The Bertz CT molecular complexity index is 769. The van der Waals surface area contributed by atoms with Crippen molar-refractivity contribution in [3.63, 3.8) is 0 Å². The van der Waals surface area contributed by atoms with Gasteiger partial charge in [0.1, 0.15) is 11.5 Å². The van der Waals surface area contributed by atoms with Gasteiger partial charge in [-0.2, -0.15) is 0 Å². The molecule has 0 bridgehead atoms. The maximum absolute atomic E-state index is 12.2. The van der Waals surface area contributed by atoms with Gasteiger partial charge >= 0.3 is 0 Å². The summed E-state index contributed by atoms with van der Waals surface area (Å²) in [6, 6.07) is 7.82. The van der Waals surface area contributed by atoms with Gasteiger partial charge in [-0.1, -0.05) is 0 Å². The lowest BCUT2D eigenvalue weighted by atomic mass is 10.2. The smallest absolute Gasteiger partial charge is 0.257 e. The van der Waals surface area contributed by atoms with E-state index in [1.54, 1.807) is 19.1 Å². The number of carbonyl (C=O) groups excluding carboxylic acids is 1. The highest BCUT2D eigenvalue weighted by Crippen LogP contribution is 2.22. The van der Waals surface area contributed by atoms with E-state index in [-0.39, 0.29) is 24.0 Å². The summed E-state index contributed by atoms with van der Waals surface area (Å²) in [4.78, 5) is 11.3. The van der Waals surface area contributed by atoms with Gasteiger partial charge in [0.2, 0.25) is 10.0 Å². The molecule has 0 spiro atoms. The lowest BCUT2D eigenvalue weighted by Gasteiger charge is -2.11. The van der Waals surface area contributed by atoms with E-state index in [1.807, 2.05) is 0 Å². The van der Waals surface area contributed by atoms with E-state index in [0.29, 0.717) is 17.1 Å². The molecule has 0 atom stereocenters. The van der Waals surface area contributed by atoms with Gasteiger partial charge in [0.05, 0.1) is 17.7 Å². The molecule has 1 aromatic heterocycles. The Morgan fingerprint density at radius 2 is 2.09 bits per heavy atom. The Morgan fingerprint density at radius 3 is 2.70 bits per heavy atom. The van der Waals surface area contributed by atoms with E-state index in [9.17, 15) is 13.2 Å². The summed E-state index contributed by atoms with van der Waals surface area (Å²) in [5.74, 6) is 0.718. The van der Waals surface area contributed by atoms with Crippen LogP contribution in [-0.2, 0) is 21.4 Å². The third-order valence-corrected chi connectivity index (χ3v) is 4.51. The minimum absolute atomic E-state index is 0.0727. The Hall–Kier alpha value is -2.32. The fourth-order valence-corrected chi connectivity index (χ4v) is 2.91. The molecule has 0 saturated carbocycles. The fraction of sp³-hybridized carbons (Fsp3) is 0.267. The summed E-state index contributed by atoms with van der Waals surface area (Å²) in [5, 5.41) is 2.44. The highest BCUT2D eigenvalue weighted by molar-refractivity contribution is 7.89. The van der Waals surface area contributed by atoms with Gasteiger partial charge in [-0.3, -0.25) is 4.79 Å². The second kappa shape index (κ2) is 7.30. The van der Waals surface area contributed by atoms with Crippen LogP contribution >= 0.6 is 0 Å². The minimum Gasteiger partial charge on any atom is -0.484 e. The number of ether oxygens (including phenoxy) is 1. The zero-order valence-corrected chi connectivity index (χ0v) is 13.6. The second-order valence-corrected chi connectivity index (χ2v) is 6.56. The third kappa shape index (κ3) is 4.57. The van der Waals surface area contributed by atoms with Crippen LogP contribution in [0.1, 0.15) is 11.3 Å². The molecule has 7 nitrogen and oxygen atoms in total. The van der Waals surface area contributed by atoms with E-state index >= 15 is 0 Å². The number of rotatable bonds is 7. The number of hydrogen-bond donors (Lipinski definition) is 2. The largest absolute Gasteiger partial charge is 0.484 e. The topological polar surface area (TPSA) is 97.6 Å². The monoisotopic (exact) mass is 338 g/mol. The van der Waals surface area contributed by atoms with Crippen molar-refractivity contribution in [3.05, 3.63) is 47.9 Å². The van der Waals surface area contributed by atoms with Crippen molar-refractivity contribution in [2.24, 2.45) is 0 Å². The Morgan fingerprint density at radius 1 is 1.30 bits per heavy atom. The molecule has 0 aliphatic carbocycles. The number of carbonyl (C=O) groups is 1. The molecule has 0 saturated heterocycles. The zero-order chi connectivity index (χ0) is 16.9. The van der Waals surface area contributed by atoms with Gasteiger partial charge in [0.25, 0.3) is 5.91 Å². The van der Waals surface area contributed by atoms with Crippen molar-refractivity contribution < 1.29 is 22.4 Å². The molecule has 2 N–H and O–H groups in total. The predicted molar refractivity (Wildman–Crippen MR) is 83.5 cm³/mol. The van der Waals surface area contributed by atoms with Gasteiger partial charge in [-0.15, -0.1) is 0 Å². The number of aryl methyl sites for hydroxylation is 1. The maximum Gasteiger partial charge on any atom is 0.257 e. The molecule has 1 heterocycles.